The third-order valence-electron chi connectivity index (χ3n) is 4.22. The van der Waals surface area contributed by atoms with Crippen LogP contribution in [0.25, 0.3) is 0 Å². The zero-order chi connectivity index (χ0) is 18.9. The van der Waals surface area contributed by atoms with Gasteiger partial charge < -0.3 is 20.3 Å². The number of benzene rings is 2. The second-order valence-corrected chi connectivity index (χ2v) is 6.61. The van der Waals surface area contributed by atoms with Crippen LogP contribution < -0.4 is 15.4 Å². The first-order valence-corrected chi connectivity index (χ1v) is 8.95. The predicted octanol–water partition coefficient (Wildman–Crippen LogP) is 3.49. The van der Waals surface area contributed by atoms with Crippen molar-refractivity contribution in [2.24, 2.45) is 0 Å². The van der Waals surface area contributed by atoms with Gasteiger partial charge in [-0.25, -0.2) is 4.79 Å². The van der Waals surface area contributed by atoms with E-state index in [1.165, 1.54) is 0 Å². The van der Waals surface area contributed by atoms with Gasteiger partial charge in [-0.2, -0.15) is 0 Å². The quantitative estimate of drug-likeness (QED) is 0.742. The zero-order valence-corrected chi connectivity index (χ0v) is 16.2. The lowest BCUT2D eigenvalue weighted by atomic mass is 10.1. The van der Waals surface area contributed by atoms with Crippen molar-refractivity contribution < 1.29 is 9.53 Å². The number of nitrogens with one attached hydrogen (secondary N) is 2. The van der Waals surface area contributed by atoms with Crippen LogP contribution in [0.2, 0.25) is 5.02 Å². The largest absolute Gasteiger partial charge is 0.496 e. The van der Waals surface area contributed by atoms with Gasteiger partial charge in [-0.15, -0.1) is 0 Å². The number of ether oxygens (including phenoxy) is 1. The lowest BCUT2D eigenvalue weighted by Gasteiger charge is -2.26. The molecule has 0 saturated carbocycles. The molecule has 0 spiro atoms. The first-order chi connectivity index (χ1) is 12.5. The van der Waals surface area contributed by atoms with Crippen LogP contribution in [0.1, 0.15) is 17.2 Å². The molecular formula is C20H26ClN3O2. The molecule has 2 aromatic rings. The van der Waals surface area contributed by atoms with E-state index < -0.39 is 0 Å². The van der Waals surface area contributed by atoms with E-state index in [0.717, 1.165) is 16.9 Å². The highest BCUT2D eigenvalue weighted by Gasteiger charge is 2.17. The molecule has 1 unspecified atom stereocenters. The Hall–Kier alpha value is -2.24. The minimum atomic E-state index is -0.196. The molecule has 6 heteroatoms. The summed E-state index contributed by atoms with van der Waals surface area (Å²) < 4.78 is 5.32. The second kappa shape index (κ2) is 10.0. The molecule has 0 aromatic heterocycles. The minimum Gasteiger partial charge on any atom is -0.496 e. The van der Waals surface area contributed by atoms with Crippen molar-refractivity contribution in [1.82, 2.24) is 15.5 Å². The van der Waals surface area contributed by atoms with E-state index in [4.69, 9.17) is 16.3 Å². The van der Waals surface area contributed by atoms with Crippen LogP contribution in [0.4, 0.5) is 4.79 Å². The van der Waals surface area contributed by atoms with E-state index in [2.05, 4.69) is 10.6 Å². The molecule has 0 aliphatic rings. The van der Waals surface area contributed by atoms with E-state index in [-0.39, 0.29) is 12.1 Å². The number of nitrogens with zero attached hydrogens (tertiary/aromatic N) is 1. The van der Waals surface area contributed by atoms with Gasteiger partial charge in [0.25, 0.3) is 0 Å². The maximum absolute atomic E-state index is 12.1. The highest BCUT2D eigenvalue weighted by atomic mass is 35.5. The maximum Gasteiger partial charge on any atom is 0.314 e. The number of urea groups is 1. The summed E-state index contributed by atoms with van der Waals surface area (Å²) in [6.07, 6.45) is 0.707. The second-order valence-electron chi connectivity index (χ2n) is 6.20. The van der Waals surface area contributed by atoms with E-state index in [1.54, 1.807) is 7.11 Å². The van der Waals surface area contributed by atoms with Crippen LogP contribution in [-0.4, -0.2) is 45.2 Å². The molecule has 2 N–H and O–H groups in total. The molecule has 0 heterocycles. The molecule has 0 radical (unpaired) electrons. The Balaban J connectivity index is 1.84. The lowest BCUT2D eigenvalue weighted by molar-refractivity contribution is 0.233. The van der Waals surface area contributed by atoms with Crippen molar-refractivity contribution in [3.63, 3.8) is 0 Å². The number of carbonyl (C=O) groups excluding carboxylic acids is 1. The molecule has 2 rings (SSSR count). The molecule has 0 aliphatic carbocycles. The smallest absolute Gasteiger partial charge is 0.314 e. The molecular weight excluding hydrogens is 350 g/mol. The number of carbonyl (C=O) groups is 1. The van der Waals surface area contributed by atoms with E-state index in [9.17, 15) is 4.79 Å². The molecule has 5 nitrogen and oxygen atoms in total. The van der Waals surface area contributed by atoms with Crippen LogP contribution in [-0.2, 0) is 6.42 Å². The third kappa shape index (κ3) is 5.64. The Morgan fingerprint density at radius 3 is 2.50 bits per heavy atom. The fraction of sp³-hybridized carbons (Fsp3) is 0.350. The van der Waals surface area contributed by atoms with Gasteiger partial charge in [0.05, 0.1) is 13.2 Å². The fourth-order valence-corrected chi connectivity index (χ4v) is 3.05. The Morgan fingerprint density at radius 2 is 1.81 bits per heavy atom. The van der Waals surface area contributed by atoms with Crippen LogP contribution in [0.5, 0.6) is 5.75 Å². The summed E-state index contributed by atoms with van der Waals surface area (Å²) in [4.78, 5) is 14.2. The lowest BCUT2D eigenvalue weighted by Crippen LogP contribution is -2.41. The van der Waals surface area contributed by atoms with Crippen molar-refractivity contribution in [3.8, 4) is 5.75 Å². The summed E-state index contributed by atoms with van der Waals surface area (Å²) >= 11 is 6.29. The Bertz CT molecular complexity index is 722. The van der Waals surface area contributed by atoms with Gasteiger partial charge in [-0.05, 0) is 43.8 Å². The monoisotopic (exact) mass is 375 g/mol. The van der Waals surface area contributed by atoms with Gasteiger partial charge in [0.1, 0.15) is 5.75 Å². The van der Waals surface area contributed by atoms with Crippen molar-refractivity contribution in [2.45, 2.75) is 12.5 Å². The molecule has 2 aromatic carbocycles. The highest BCUT2D eigenvalue weighted by Crippen LogP contribution is 2.25. The first kappa shape index (κ1) is 20.1. The van der Waals surface area contributed by atoms with E-state index in [1.807, 2.05) is 67.5 Å². The average molecular weight is 376 g/mol. The highest BCUT2D eigenvalue weighted by molar-refractivity contribution is 6.31. The van der Waals surface area contributed by atoms with E-state index >= 15 is 0 Å². The van der Waals surface area contributed by atoms with E-state index in [0.29, 0.717) is 24.5 Å². The van der Waals surface area contributed by atoms with Gasteiger partial charge in [0.2, 0.25) is 0 Å². The van der Waals surface area contributed by atoms with Crippen LogP contribution >= 0.6 is 11.6 Å². The Morgan fingerprint density at radius 1 is 1.12 bits per heavy atom. The molecule has 1 atom stereocenters. The van der Waals surface area contributed by atoms with Gasteiger partial charge in [-0.1, -0.05) is 48.0 Å². The number of hydrogen-bond donors (Lipinski definition) is 2. The number of halogens is 1. The molecule has 0 aliphatic heterocycles. The summed E-state index contributed by atoms with van der Waals surface area (Å²) in [7, 11) is 5.58. The van der Waals surface area contributed by atoms with Crippen LogP contribution in [0, 0.1) is 0 Å². The summed E-state index contributed by atoms with van der Waals surface area (Å²) in [5.74, 6) is 0.834. The first-order valence-electron chi connectivity index (χ1n) is 8.57. The predicted molar refractivity (Wildman–Crippen MR) is 106 cm³/mol. The van der Waals surface area contributed by atoms with Crippen LogP contribution in [0.3, 0.4) is 0 Å². The zero-order valence-electron chi connectivity index (χ0n) is 15.5. The topological polar surface area (TPSA) is 53.6 Å². The van der Waals surface area contributed by atoms with Crippen LogP contribution in [0.15, 0.2) is 48.5 Å². The Labute approximate surface area is 160 Å². The fourth-order valence-electron chi connectivity index (χ4n) is 2.79. The molecule has 0 fully saturated rings. The standard InChI is InChI=1S/C20H26ClN3O2/c1-24(2)18(16-9-5-6-10-17(16)21)14-23-20(25)22-13-12-15-8-4-7-11-19(15)26-3/h4-11,18H,12-14H2,1-3H3,(H2,22,23,25). The molecule has 2 amide bonds. The molecule has 0 bridgehead atoms. The maximum atomic E-state index is 12.1. The Kier molecular flexibility index (Phi) is 7.75. The summed E-state index contributed by atoms with van der Waals surface area (Å²) in [5.41, 5.74) is 2.06. The van der Waals surface area contributed by atoms with Gasteiger partial charge in [0, 0.05) is 18.1 Å². The average Bonchev–Trinajstić information content (AvgIpc) is 2.63. The molecule has 26 heavy (non-hydrogen) atoms. The summed E-state index contributed by atoms with van der Waals surface area (Å²) in [6, 6.07) is 15.3. The SMILES string of the molecule is COc1ccccc1CCNC(=O)NCC(c1ccccc1Cl)N(C)C. The van der Waals surface area contributed by atoms with Crippen molar-refractivity contribution >= 4 is 17.6 Å². The number of para-hydroxylation sites is 1. The summed E-state index contributed by atoms with van der Waals surface area (Å²) in [5, 5.41) is 6.51. The van der Waals surface area contributed by atoms with Crippen molar-refractivity contribution in [2.75, 3.05) is 34.3 Å². The number of rotatable bonds is 8. The summed E-state index contributed by atoms with van der Waals surface area (Å²) in [6.45, 7) is 1.00. The minimum absolute atomic E-state index is 0.00340. The normalized spacial score (nSPS) is 11.9. The van der Waals surface area contributed by atoms with Gasteiger partial charge >= 0.3 is 6.03 Å². The number of likely N-dealkylation sites (N-methyl/N-ethyl adjacent to an activating group) is 1. The van der Waals surface area contributed by atoms with Crippen molar-refractivity contribution in [3.05, 3.63) is 64.7 Å². The van der Waals surface area contributed by atoms with Gasteiger partial charge in [-0.3, -0.25) is 0 Å². The third-order valence-corrected chi connectivity index (χ3v) is 4.56. The molecule has 0 saturated heterocycles. The van der Waals surface area contributed by atoms with Gasteiger partial charge in [0.15, 0.2) is 0 Å². The van der Waals surface area contributed by atoms with Crippen molar-refractivity contribution in [1.29, 1.82) is 0 Å². The number of methoxy groups -OCH3 is 1. The number of hydrogen-bond acceptors (Lipinski definition) is 3. The molecule has 140 valence electrons. The number of amides is 2.